The second kappa shape index (κ2) is 7.62. The molecule has 1 aliphatic heterocycles. The van der Waals surface area contributed by atoms with Gasteiger partial charge in [-0.25, -0.2) is 9.97 Å². The molecule has 4 rings (SSSR count). The van der Waals surface area contributed by atoms with E-state index in [-0.39, 0.29) is 0 Å². The Balaban J connectivity index is 1.45. The molecule has 2 N–H and O–H groups in total. The van der Waals surface area contributed by atoms with E-state index >= 15 is 0 Å². The standard InChI is InChI=1S/C20H20ClN5/c21-15-4-3-5-17(12-15)25-20-13-19(22-14-23-20)24-16-6-8-18(9-7-16)26-10-1-2-11-26/h3-9,12-14H,1-2,10-11H2,(H2,22,23,24,25). The van der Waals surface area contributed by atoms with Gasteiger partial charge in [0.05, 0.1) is 0 Å². The number of aromatic nitrogens is 2. The minimum Gasteiger partial charge on any atom is -0.372 e. The Kier molecular flexibility index (Phi) is 4.88. The first-order valence-electron chi connectivity index (χ1n) is 8.73. The van der Waals surface area contributed by atoms with Crippen molar-refractivity contribution in [1.82, 2.24) is 9.97 Å². The zero-order valence-electron chi connectivity index (χ0n) is 14.3. The summed E-state index contributed by atoms with van der Waals surface area (Å²) in [6, 6.07) is 17.9. The minimum absolute atomic E-state index is 0.681. The van der Waals surface area contributed by atoms with E-state index in [0.717, 1.165) is 30.3 Å². The van der Waals surface area contributed by atoms with Crippen LogP contribution in [0, 0.1) is 0 Å². The zero-order chi connectivity index (χ0) is 17.8. The van der Waals surface area contributed by atoms with E-state index in [4.69, 9.17) is 11.6 Å². The summed E-state index contributed by atoms with van der Waals surface area (Å²) in [6.45, 7) is 2.30. The van der Waals surface area contributed by atoms with Gasteiger partial charge in [0, 0.05) is 41.2 Å². The molecule has 26 heavy (non-hydrogen) atoms. The van der Waals surface area contributed by atoms with Gasteiger partial charge >= 0.3 is 0 Å². The lowest BCUT2D eigenvalue weighted by atomic mass is 10.2. The summed E-state index contributed by atoms with van der Waals surface area (Å²) in [5.41, 5.74) is 3.16. The van der Waals surface area contributed by atoms with Crippen LogP contribution in [-0.2, 0) is 0 Å². The van der Waals surface area contributed by atoms with Crippen LogP contribution >= 0.6 is 11.6 Å². The Morgan fingerprint density at radius 1 is 0.808 bits per heavy atom. The van der Waals surface area contributed by atoms with Crippen molar-refractivity contribution in [1.29, 1.82) is 0 Å². The van der Waals surface area contributed by atoms with Gasteiger partial charge in [0.25, 0.3) is 0 Å². The molecular formula is C20H20ClN5. The maximum atomic E-state index is 6.02. The largest absolute Gasteiger partial charge is 0.372 e. The zero-order valence-corrected chi connectivity index (χ0v) is 15.1. The molecule has 0 bridgehead atoms. The lowest BCUT2D eigenvalue weighted by Crippen LogP contribution is -2.17. The number of benzene rings is 2. The molecule has 0 atom stereocenters. The summed E-state index contributed by atoms with van der Waals surface area (Å²) in [4.78, 5) is 11.0. The Bertz CT molecular complexity index is 875. The number of rotatable bonds is 5. The van der Waals surface area contributed by atoms with E-state index in [0.29, 0.717) is 10.8 Å². The quantitative estimate of drug-likeness (QED) is 0.649. The molecule has 2 heterocycles. The molecule has 2 aromatic carbocycles. The second-order valence-electron chi connectivity index (χ2n) is 6.29. The van der Waals surface area contributed by atoms with Crippen LogP contribution in [0.2, 0.25) is 5.02 Å². The SMILES string of the molecule is Clc1cccc(Nc2cc(Nc3ccc(N4CCCC4)cc3)ncn2)c1. The summed E-state index contributed by atoms with van der Waals surface area (Å²) in [6.07, 6.45) is 4.10. The molecule has 0 unspecified atom stereocenters. The van der Waals surface area contributed by atoms with Gasteiger partial charge in [-0.1, -0.05) is 17.7 Å². The highest BCUT2D eigenvalue weighted by Crippen LogP contribution is 2.24. The fourth-order valence-electron chi connectivity index (χ4n) is 3.09. The molecule has 3 aromatic rings. The normalized spacial score (nSPS) is 13.7. The van der Waals surface area contributed by atoms with E-state index in [1.165, 1.54) is 24.9 Å². The Labute approximate surface area is 158 Å². The Morgan fingerprint density at radius 2 is 1.50 bits per heavy atom. The van der Waals surface area contributed by atoms with Crippen LogP contribution < -0.4 is 15.5 Å². The molecule has 5 nitrogen and oxygen atoms in total. The monoisotopic (exact) mass is 365 g/mol. The molecule has 132 valence electrons. The van der Waals surface area contributed by atoms with Gasteiger partial charge < -0.3 is 15.5 Å². The number of anilines is 5. The number of hydrogen-bond donors (Lipinski definition) is 2. The smallest absolute Gasteiger partial charge is 0.135 e. The first-order valence-corrected chi connectivity index (χ1v) is 9.11. The van der Waals surface area contributed by atoms with Gasteiger partial charge in [-0.3, -0.25) is 0 Å². The van der Waals surface area contributed by atoms with Crippen molar-refractivity contribution in [3.05, 3.63) is 65.9 Å². The molecule has 1 saturated heterocycles. The van der Waals surface area contributed by atoms with Crippen molar-refractivity contribution < 1.29 is 0 Å². The Hall–Kier alpha value is -2.79. The summed E-state index contributed by atoms with van der Waals surface area (Å²) in [7, 11) is 0. The fourth-order valence-corrected chi connectivity index (χ4v) is 3.28. The fraction of sp³-hybridized carbons (Fsp3) is 0.200. The average molecular weight is 366 g/mol. The summed E-state index contributed by atoms with van der Waals surface area (Å²) in [5, 5.41) is 7.24. The molecule has 0 saturated carbocycles. The third kappa shape index (κ3) is 4.06. The molecule has 0 aliphatic carbocycles. The van der Waals surface area contributed by atoms with Crippen LogP contribution in [0.15, 0.2) is 60.9 Å². The van der Waals surface area contributed by atoms with Gasteiger partial charge in [-0.05, 0) is 55.3 Å². The summed E-state index contributed by atoms with van der Waals surface area (Å²) in [5.74, 6) is 1.44. The van der Waals surface area contributed by atoms with E-state index < -0.39 is 0 Å². The summed E-state index contributed by atoms with van der Waals surface area (Å²) >= 11 is 6.02. The van der Waals surface area contributed by atoms with Crippen LogP contribution in [0.1, 0.15) is 12.8 Å². The van der Waals surface area contributed by atoms with Crippen LogP contribution in [0.25, 0.3) is 0 Å². The lowest BCUT2D eigenvalue weighted by Gasteiger charge is -2.18. The van der Waals surface area contributed by atoms with Crippen molar-refractivity contribution in [2.75, 3.05) is 28.6 Å². The predicted molar refractivity (Wildman–Crippen MR) is 108 cm³/mol. The van der Waals surface area contributed by atoms with Crippen molar-refractivity contribution in [2.45, 2.75) is 12.8 Å². The highest BCUT2D eigenvalue weighted by molar-refractivity contribution is 6.30. The van der Waals surface area contributed by atoms with Crippen molar-refractivity contribution in [2.24, 2.45) is 0 Å². The highest BCUT2D eigenvalue weighted by Gasteiger charge is 2.11. The van der Waals surface area contributed by atoms with Crippen molar-refractivity contribution in [3.63, 3.8) is 0 Å². The van der Waals surface area contributed by atoms with Crippen LogP contribution in [0.5, 0.6) is 0 Å². The Morgan fingerprint density at radius 3 is 2.19 bits per heavy atom. The molecule has 0 amide bonds. The van der Waals surface area contributed by atoms with E-state index in [1.54, 1.807) is 0 Å². The number of nitrogens with zero attached hydrogens (tertiary/aromatic N) is 3. The lowest BCUT2D eigenvalue weighted by molar-refractivity contribution is 0.949. The molecule has 0 spiro atoms. The van der Waals surface area contributed by atoms with Gasteiger partial charge in [0.15, 0.2) is 0 Å². The third-order valence-electron chi connectivity index (χ3n) is 4.38. The highest BCUT2D eigenvalue weighted by atomic mass is 35.5. The van der Waals surface area contributed by atoms with Crippen LogP contribution in [0.4, 0.5) is 28.7 Å². The van der Waals surface area contributed by atoms with Gasteiger partial charge in [-0.2, -0.15) is 0 Å². The van der Waals surface area contributed by atoms with E-state index in [1.807, 2.05) is 30.3 Å². The predicted octanol–water partition coefficient (Wildman–Crippen LogP) is 5.22. The van der Waals surface area contributed by atoms with E-state index in [2.05, 4.69) is 49.8 Å². The number of halogens is 1. The first kappa shape index (κ1) is 16.7. The number of nitrogens with one attached hydrogen (secondary N) is 2. The molecular weight excluding hydrogens is 346 g/mol. The van der Waals surface area contributed by atoms with Gasteiger partial charge in [0.1, 0.15) is 18.0 Å². The molecule has 1 aliphatic rings. The molecule has 0 radical (unpaired) electrons. The van der Waals surface area contributed by atoms with Gasteiger partial charge in [0.2, 0.25) is 0 Å². The second-order valence-corrected chi connectivity index (χ2v) is 6.73. The van der Waals surface area contributed by atoms with Crippen LogP contribution in [0.3, 0.4) is 0 Å². The van der Waals surface area contributed by atoms with Crippen molar-refractivity contribution in [3.8, 4) is 0 Å². The average Bonchev–Trinajstić information content (AvgIpc) is 3.17. The van der Waals surface area contributed by atoms with Crippen LogP contribution in [-0.4, -0.2) is 23.1 Å². The first-order chi connectivity index (χ1) is 12.8. The maximum Gasteiger partial charge on any atom is 0.135 e. The van der Waals surface area contributed by atoms with E-state index in [9.17, 15) is 0 Å². The van der Waals surface area contributed by atoms with Gasteiger partial charge in [-0.15, -0.1) is 0 Å². The third-order valence-corrected chi connectivity index (χ3v) is 4.61. The topological polar surface area (TPSA) is 53.1 Å². The minimum atomic E-state index is 0.681. The maximum absolute atomic E-state index is 6.02. The molecule has 1 aromatic heterocycles. The molecule has 6 heteroatoms. The molecule has 1 fully saturated rings. The number of hydrogen-bond acceptors (Lipinski definition) is 5. The summed E-state index contributed by atoms with van der Waals surface area (Å²) < 4.78 is 0. The van der Waals surface area contributed by atoms with Crippen molar-refractivity contribution >= 4 is 40.3 Å².